The van der Waals surface area contributed by atoms with E-state index in [1.807, 2.05) is 42.2 Å². The van der Waals surface area contributed by atoms with Crippen LogP contribution >= 0.6 is 12.4 Å². The maximum Gasteiger partial charge on any atom is 0.224 e. The molecular weight excluding hydrogens is 326 g/mol. The first-order valence-electron chi connectivity index (χ1n) is 8.47. The molecule has 1 saturated heterocycles. The molecule has 1 fully saturated rings. The molecule has 0 radical (unpaired) electrons. The Morgan fingerprint density at radius 1 is 1.25 bits per heavy atom. The number of rotatable bonds is 6. The molecule has 0 aromatic heterocycles. The zero-order valence-electron chi connectivity index (χ0n) is 14.2. The highest BCUT2D eigenvalue weighted by molar-refractivity contribution is 5.85. The molecule has 2 rings (SSSR count). The molecule has 134 valence electrons. The Kier molecular flexibility index (Phi) is 8.79. The lowest BCUT2D eigenvalue weighted by atomic mass is 9.95. The lowest BCUT2D eigenvalue weighted by Crippen LogP contribution is -2.43. The smallest absolute Gasteiger partial charge is 0.224 e. The monoisotopic (exact) mass is 353 g/mol. The number of piperidine rings is 1. The normalized spacial score (nSPS) is 16.2. The molecule has 3 N–H and O–H groups in total. The van der Waals surface area contributed by atoms with Gasteiger partial charge < -0.3 is 16.0 Å². The second kappa shape index (κ2) is 10.3. The van der Waals surface area contributed by atoms with Crippen molar-refractivity contribution in [2.24, 2.45) is 11.7 Å². The number of nitrogens with one attached hydrogen (secondary N) is 1. The number of carbonyl (C=O) groups excluding carboxylic acids is 2. The summed E-state index contributed by atoms with van der Waals surface area (Å²) < 4.78 is 0. The highest BCUT2D eigenvalue weighted by atomic mass is 35.5. The lowest BCUT2D eigenvalue weighted by Gasteiger charge is -2.32. The van der Waals surface area contributed by atoms with Crippen LogP contribution in [0.5, 0.6) is 0 Å². The maximum atomic E-state index is 12.4. The minimum Gasteiger partial charge on any atom is -0.356 e. The van der Waals surface area contributed by atoms with Crippen molar-refractivity contribution < 1.29 is 9.59 Å². The summed E-state index contributed by atoms with van der Waals surface area (Å²) in [4.78, 5) is 26.2. The number of carbonyl (C=O) groups is 2. The largest absolute Gasteiger partial charge is 0.356 e. The SMILES string of the molecule is CCCNC(=O)C1CCN(C(=O)CC(N)c2ccccc2)CC1.Cl. The lowest BCUT2D eigenvalue weighted by molar-refractivity contribution is -0.135. The molecule has 0 spiro atoms. The van der Waals surface area contributed by atoms with Crippen LogP contribution in [0.25, 0.3) is 0 Å². The van der Waals surface area contributed by atoms with E-state index in [0.717, 1.165) is 31.4 Å². The molecule has 1 aliphatic rings. The van der Waals surface area contributed by atoms with Crippen molar-refractivity contribution in [1.82, 2.24) is 10.2 Å². The van der Waals surface area contributed by atoms with Gasteiger partial charge in [-0.05, 0) is 24.8 Å². The summed E-state index contributed by atoms with van der Waals surface area (Å²) in [6, 6.07) is 9.42. The van der Waals surface area contributed by atoms with Gasteiger partial charge in [0.05, 0.1) is 0 Å². The molecule has 5 nitrogen and oxygen atoms in total. The zero-order chi connectivity index (χ0) is 16.7. The minimum atomic E-state index is -0.269. The van der Waals surface area contributed by atoms with Crippen LogP contribution in [0.4, 0.5) is 0 Å². The van der Waals surface area contributed by atoms with Gasteiger partial charge in [-0.2, -0.15) is 0 Å². The molecule has 0 saturated carbocycles. The van der Waals surface area contributed by atoms with Gasteiger partial charge in [-0.15, -0.1) is 12.4 Å². The third-order valence-electron chi connectivity index (χ3n) is 4.39. The van der Waals surface area contributed by atoms with Crippen LogP contribution in [0.1, 0.15) is 44.2 Å². The van der Waals surface area contributed by atoms with Gasteiger partial charge in [0.2, 0.25) is 11.8 Å². The molecule has 24 heavy (non-hydrogen) atoms. The molecule has 6 heteroatoms. The summed E-state index contributed by atoms with van der Waals surface area (Å²) in [5, 5.41) is 2.94. The van der Waals surface area contributed by atoms with E-state index in [9.17, 15) is 9.59 Å². The van der Waals surface area contributed by atoms with E-state index in [0.29, 0.717) is 19.5 Å². The fourth-order valence-corrected chi connectivity index (χ4v) is 2.92. The first kappa shape index (κ1) is 20.5. The summed E-state index contributed by atoms with van der Waals surface area (Å²) in [7, 11) is 0. The Morgan fingerprint density at radius 3 is 2.46 bits per heavy atom. The van der Waals surface area contributed by atoms with Gasteiger partial charge >= 0.3 is 0 Å². The van der Waals surface area contributed by atoms with E-state index in [1.165, 1.54) is 0 Å². The summed E-state index contributed by atoms with van der Waals surface area (Å²) in [6.07, 6.45) is 2.74. The third kappa shape index (κ3) is 5.80. The van der Waals surface area contributed by atoms with Gasteiger partial charge in [0, 0.05) is 38.0 Å². The van der Waals surface area contributed by atoms with Crippen LogP contribution in [-0.4, -0.2) is 36.3 Å². The highest BCUT2D eigenvalue weighted by Gasteiger charge is 2.27. The fraction of sp³-hybridized carbons (Fsp3) is 0.556. The Morgan fingerprint density at radius 2 is 1.88 bits per heavy atom. The van der Waals surface area contributed by atoms with E-state index >= 15 is 0 Å². The predicted molar refractivity (Wildman–Crippen MR) is 97.8 cm³/mol. The van der Waals surface area contributed by atoms with Gasteiger partial charge in [-0.3, -0.25) is 9.59 Å². The number of nitrogens with two attached hydrogens (primary N) is 1. The molecule has 2 amide bonds. The van der Waals surface area contributed by atoms with Crippen molar-refractivity contribution in [3.8, 4) is 0 Å². The second-order valence-electron chi connectivity index (χ2n) is 6.17. The molecular formula is C18H28ClN3O2. The predicted octanol–water partition coefficient (Wildman–Crippen LogP) is 2.26. The number of halogens is 1. The van der Waals surface area contributed by atoms with Crippen LogP contribution in [0, 0.1) is 5.92 Å². The quantitative estimate of drug-likeness (QED) is 0.823. The average Bonchev–Trinajstić information content (AvgIpc) is 2.60. The Hall–Kier alpha value is -1.59. The Balaban J connectivity index is 0.00000288. The summed E-state index contributed by atoms with van der Waals surface area (Å²) in [5.74, 6) is 0.238. The third-order valence-corrected chi connectivity index (χ3v) is 4.39. The number of hydrogen-bond acceptors (Lipinski definition) is 3. The minimum absolute atomic E-state index is 0. The average molecular weight is 354 g/mol. The molecule has 1 unspecified atom stereocenters. The number of benzene rings is 1. The van der Waals surface area contributed by atoms with Gasteiger partial charge in [0.15, 0.2) is 0 Å². The zero-order valence-corrected chi connectivity index (χ0v) is 15.1. The Bertz CT molecular complexity index is 516. The first-order valence-corrected chi connectivity index (χ1v) is 8.47. The van der Waals surface area contributed by atoms with Gasteiger partial charge in [0.1, 0.15) is 0 Å². The topological polar surface area (TPSA) is 75.4 Å². The van der Waals surface area contributed by atoms with Crippen molar-refractivity contribution in [3.05, 3.63) is 35.9 Å². The molecule has 0 aliphatic carbocycles. The molecule has 1 aromatic rings. The maximum absolute atomic E-state index is 12.4. The van der Waals surface area contributed by atoms with Crippen molar-refractivity contribution >= 4 is 24.2 Å². The van der Waals surface area contributed by atoms with E-state index in [4.69, 9.17) is 5.73 Å². The van der Waals surface area contributed by atoms with E-state index in [2.05, 4.69) is 5.32 Å². The van der Waals surface area contributed by atoms with E-state index in [1.54, 1.807) is 0 Å². The van der Waals surface area contributed by atoms with Crippen LogP contribution in [0.2, 0.25) is 0 Å². The van der Waals surface area contributed by atoms with Crippen LogP contribution in [0.15, 0.2) is 30.3 Å². The van der Waals surface area contributed by atoms with Gasteiger partial charge in [-0.25, -0.2) is 0 Å². The summed E-state index contributed by atoms with van der Waals surface area (Å²) in [5.41, 5.74) is 7.10. The standard InChI is InChI=1S/C18H27N3O2.ClH/c1-2-10-20-18(23)15-8-11-21(12-9-15)17(22)13-16(19)14-6-4-3-5-7-14;/h3-7,15-16H,2,8-13,19H2,1H3,(H,20,23);1H. The Labute approximate surface area is 150 Å². The molecule has 1 heterocycles. The number of nitrogens with zero attached hydrogens (tertiary/aromatic N) is 1. The molecule has 1 aliphatic heterocycles. The second-order valence-corrected chi connectivity index (χ2v) is 6.17. The number of hydrogen-bond donors (Lipinski definition) is 2. The highest BCUT2D eigenvalue weighted by Crippen LogP contribution is 2.20. The molecule has 1 atom stereocenters. The van der Waals surface area contributed by atoms with Crippen LogP contribution in [0.3, 0.4) is 0 Å². The summed E-state index contributed by atoms with van der Waals surface area (Å²) in [6.45, 7) is 4.05. The van der Waals surface area contributed by atoms with Crippen molar-refractivity contribution in [1.29, 1.82) is 0 Å². The van der Waals surface area contributed by atoms with Crippen molar-refractivity contribution in [2.45, 2.75) is 38.6 Å². The van der Waals surface area contributed by atoms with Crippen LogP contribution in [-0.2, 0) is 9.59 Å². The van der Waals surface area contributed by atoms with Gasteiger partial charge in [-0.1, -0.05) is 37.3 Å². The van der Waals surface area contributed by atoms with Gasteiger partial charge in [0.25, 0.3) is 0 Å². The van der Waals surface area contributed by atoms with E-state index in [-0.39, 0.29) is 36.2 Å². The summed E-state index contributed by atoms with van der Waals surface area (Å²) >= 11 is 0. The first-order chi connectivity index (χ1) is 11.1. The molecule has 0 bridgehead atoms. The number of amides is 2. The van der Waals surface area contributed by atoms with E-state index < -0.39 is 0 Å². The fourth-order valence-electron chi connectivity index (χ4n) is 2.92. The van der Waals surface area contributed by atoms with Crippen LogP contribution < -0.4 is 11.1 Å². The molecule has 1 aromatic carbocycles. The van der Waals surface area contributed by atoms with Crippen molar-refractivity contribution in [3.63, 3.8) is 0 Å². The van der Waals surface area contributed by atoms with Crippen molar-refractivity contribution in [2.75, 3.05) is 19.6 Å². The number of likely N-dealkylation sites (tertiary alicyclic amines) is 1.